The molecule has 1 atom stereocenters. The van der Waals surface area contributed by atoms with Crippen LogP contribution in [0.15, 0.2) is 65.6 Å². The number of benzene rings is 2. The molecule has 2 aromatic rings. The predicted octanol–water partition coefficient (Wildman–Crippen LogP) is 3.06. The van der Waals surface area contributed by atoms with E-state index in [0.717, 1.165) is 19.5 Å². The number of piperidine rings is 1. The minimum Gasteiger partial charge on any atom is -0.299 e. The molecule has 1 aliphatic heterocycles. The van der Waals surface area contributed by atoms with Crippen LogP contribution in [0.25, 0.3) is 0 Å². The van der Waals surface area contributed by atoms with Gasteiger partial charge in [-0.3, -0.25) is 4.90 Å². The largest absolute Gasteiger partial charge is 0.299 e. The maximum atomic E-state index is 12.5. The quantitative estimate of drug-likeness (QED) is 0.827. The molecule has 2 aromatic carbocycles. The van der Waals surface area contributed by atoms with Crippen LogP contribution in [0.2, 0.25) is 0 Å². The molecule has 4 nitrogen and oxygen atoms in total. The van der Waals surface area contributed by atoms with Gasteiger partial charge in [0.25, 0.3) is 0 Å². The van der Waals surface area contributed by atoms with E-state index in [2.05, 4.69) is 21.8 Å². The molecule has 1 fully saturated rings. The summed E-state index contributed by atoms with van der Waals surface area (Å²) in [4.78, 5) is 2.76. The lowest BCUT2D eigenvalue weighted by molar-refractivity contribution is 0.163. The summed E-state index contributed by atoms with van der Waals surface area (Å²) >= 11 is 0. The predicted molar refractivity (Wildman–Crippen MR) is 101 cm³/mol. The molecule has 25 heavy (non-hydrogen) atoms. The van der Waals surface area contributed by atoms with E-state index in [1.807, 2.05) is 24.3 Å². The van der Waals surface area contributed by atoms with Crippen LogP contribution < -0.4 is 4.72 Å². The molecule has 1 N–H and O–H groups in total. The summed E-state index contributed by atoms with van der Waals surface area (Å²) in [6.07, 6.45) is 4.51. The van der Waals surface area contributed by atoms with Gasteiger partial charge in [-0.25, -0.2) is 13.1 Å². The summed E-state index contributed by atoms with van der Waals surface area (Å²) in [5.74, 6) is 0. The van der Waals surface area contributed by atoms with E-state index in [-0.39, 0.29) is 6.04 Å². The van der Waals surface area contributed by atoms with Gasteiger partial charge in [-0.15, -0.1) is 0 Å². The zero-order valence-corrected chi connectivity index (χ0v) is 15.3. The van der Waals surface area contributed by atoms with Gasteiger partial charge in [0.05, 0.1) is 4.90 Å². The Bertz CT molecular complexity index is 742. The van der Waals surface area contributed by atoms with E-state index in [4.69, 9.17) is 0 Å². The lowest BCUT2D eigenvalue weighted by atomic mass is 10.0. The van der Waals surface area contributed by atoms with Gasteiger partial charge >= 0.3 is 0 Å². The average molecular weight is 359 g/mol. The lowest BCUT2D eigenvalue weighted by Crippen LogP contribution is -2.47. The molecule has 1 aliphatic rings. The molecular weight excluding hydrogens is 332 g/mol. The Labute approximate surface area is 150 Å². The highest BCUT2D eigenvalue weighted by Crippen LogP contribution is 2.16. The fourth-order valence-corrected chi connectivity index (χ4v) is 4.48. The van der Waals surface area contributed by atoms with Gasteiger partial charge in [-0.2, -0.15) is 0 Å². The lowest BCUT2D eigenvalue weighted by Gasteiger charge is -2.34. The zero-order chi connectivity index (χ0) is 17.5. The molecule has 0 bridgehead atoms. The van der Waals surface area contributed by atoms with Crippen molar-refractivity contribution in [1.29, 1.82) is 0 Å². The Morgan fingerprint density at radius 1 is 0.880 bits per heavy atom. The van der Waals surface area contributed by atoms with E-state index < -0.39 is 10.0 Å². The van der Waals surface area contributed by atoms with Crippen molar-refractivity contribution < 1.29 is 8.42 Å². The SMILES string of the molecule is O=S(=O)(NCC(Cc1ccccc1)N1CCCCC1)c1ccccc1. The van der Waals surface area contributed by atoms with E-state index in [0.29, 0.717) is 11.4 Å². The molecule has 134 valence electrons. The number of rotatable bonds is 7. The van der Waals surface area contributed by atoms with Gasteiger partial charge in [-0.05, 0) is 50.0 Å². The van der Waals surface area contributed by atoms with Gasteiger partial charge in [0.1, 0.15) is 0 Å². The van der Waals surface area contributed by atoms with Crippen molar-refractivity contribution in [2.45, 2.75) is 36.6 Å². The third-order valence-electron chi connectivity index (χ3n) is 4.78. The highest BCUT2D eigenvalue weighted by molar-refractivity contribution is 7.89. The standard InChI is InChI=1S/C20H26N2O2S/c23-25(24,20-12-6-2-7-13-20)21-17-19(22-14-8-3-9-15-22)16-18-10-4-1-5-11-18/h1-2,4-7,10-13,19,21H,3,8-9,14-17H2. The Morgan fingerprint density at radius 3 is 2.12 bits per heavy atom. The molecule has 1 unspecified atom stereocenters. The maximum absolute atomic E-state index is 12.5. The Kier molecular flexibility index (Phi) is 6.24. The monoisotopic (exact) mass is 358 g/mol. The minimum absolute atomic E-state index is 0.182. The first-order valence-corrected chi connectivity index (χ1v) is 10.5. The van der Waals surface area contributed by atoms with Crippen LogP contribution in [0, 0.1) is 0 Å². The maximum Gasteiger partial charge on any atom is 0.240 e. The van der Waals surface area contributed by atoms with Gasteiger partial charge in [0.15, 0.2) is 0 Å². The molecule has 0 amide bonds. The summed E-state index contributed by atoms with van der Waals surface area (Å²) in [6, 6.07) is 19.1. The molecule has 0 aliphatic carbocycles. The summed E-state index contributed by atoms with van der Waals surface area (Å²) in [7, 11) is -3.46. The highest BCUT2D eigenvalue weighted by atomic mass is 32.2. The minimum atomic E-state index is -3.46. The smallest absolute Gasteiger partial charge is 0.240 e. The molecule has 1 saturated heterocycles. The molecule has 0 aromatic heterocycles. The van der Waals surface area contributed by atoms with Crippen molar-refractivity contribution >= 4 is 10.0 Å². The normalized spacial score (nSPS) is 17.3. The molecule has 1 heterocycles. The number of likely N-dealkylation sites (tertiary alicyclic amines) is 1. The van der Waals surface area contributed by atoms with Crippen molar-refractivity contribution in [2.75, 3.05) is 19.6 Å². The number of sulfonamides is 1. The zero-order valence-electron chi connectivity index (χ0n) is 14.5. The van der Waals surface area contributed by atoms with Gasteiger partial charge in [0, 0.05) is 12.6 Å². The molecular formula is C20H26N2O2S. The molecule has 5 heteroatoms. The summed E-state index contributed by atoms with van der Waals surface area (Å²) < 4.78 is 27.9. The summed E-state index contributed by atoms with van der Waals surface area (Å²) in [5.41, 5.74) is 1.25. The van der Waals surface area contributed by atoms with E-state index in [1.165, 1.54) is 24.8 Å². The number of hydrogen-bond acceptors (Lipinski definition) is 3. The first-order chi connectivity index (χ1) is 12.1. The second-order valence-electron chi connectivity index (χ2n) is 6.61. The van der Waals surface area contributed by atoms with Crippen LogP contribution in [0.5, 0.6) is 0 Å². The van der Waals surface area contributed by atoms with Crippen LogP contribution in [-0.2, 0) is 16.4 Å². The van der Waals surface area contributed by atoms with Crippen LogP contribution >= 0.6 is 0 Å². The topological polar surface area (TPSA) is 49.4 Å². The van der Waals surface area contributed by atoms with Crippen molar-refractivity contribution in [3.05, 3.63) is 66.2 Å². The van der Waals surface area contributed by atoms with Crippen molar-refractivity contribution in [1.82, 2.24) is 9.62 Å². The van der Waals surface area contributed by atoms with Crippen molar-refractivity contribution in [2.24, 2.45) is 0 Å². The number of nitrogens with one attached hydrogen (secondary N) is 1. The van der Waals surface area contributed by atoms with E-state index in [9.17, 15) is 8.42 Å². The summed E-state index contributed by atoms with van der Waals surface area (Å²) in [6.45, 7) is 2.53. The Balaban J connectivity index is 1.70. The van der Waals surface area contributed by atoms with Gasteiger partial charge in [-0.1, -0.05) is 55.0 Å². The number of hydrogen-bond donors (Lipinski definition) is 1. The highest BCUT2D eigenvalue weighted by Gasteiger charge is 2.23. The second-order valence-corrected chi connectivity index (χ2v) is 8.37. The molecule has 0 spiro atoms. The van der Waals surface area contributed by atoms with E-state index >= 15 is 0 Å². The Morgan fingerprint density at radius 2 is 1.48 bits per heavy atom. The van der Waals surface area contributed by atoms with Gasteiger partial charge in [0.2, 0.25) is 10.0 Å². The van der Waals surface area contributed by atoms with Crippen LogP contribution in [0.3, 0.4) is 0 Å². The summed E-state index contributed by atoms with van der Waals surface area (Å²) in [5, 5.41) is 0. The first kappa shape index (κ1) is 18.1. The van der Waals surface area contributed by atoms with Crippen molar-refractivity contribution in [3.8, 4) is 0 Å². The molecule has 3 rings (SSSR count). The first-order valence-electron chi connectivity index (χ1n) is 8.98. The van der Waals surface area contributed by atoms with E-state index in [1.54, 1.807) is 24.3 Å². The van der Waals surface area contributed by atoms with Crippen LogP contribution in [-0.4, -0.2) is 39.0 Å². The third kappa shape index (κ3) is 5.14. The van der Waals surface area contributed by atoms with Gasteiger partial charge < -0.3 is 0 Å². The fourth-order valence-electron chi connectivity index (χ4n) is 3.39. The van der Waals surface area contributed by atoms with Crippen LogP contribution in [0.4, 0.5) is 0 Å². The van der Waals surface area contributed by atoms with Crippen LogP contribution in [0.1, 0.15) is 24.8 Å². The average Bonchev–Trinajstić information content (AvgIpc) is 2.67. The fraction of sp³-hybridized carbons (Fsp3) is 0.400. The third-order valence-corrected chi connectivity index (χ3v) is 6.22. The molecule has 0 radical (unpaired) electrons. The second kappa shape index (κ2) is 8.61. The molecule has 0 saturated carbocycles. The Hall–Kier alpha value is -1.69. The number of nitrogens with zero attached hydrogens (tertiary/aromatic N) is 1. The van der Waals surface area contributed by atoms with Crippen molar-refractivity contribution in [3.63, 3.8) is 0 Å².